The summed E-state index contributed by atoms with van der Waals surface area (Å²) < 4.78 is 25.3. The Morgan fingerprint density at radius 2 is 1.58 bits per heavy atom. The van der Waals surface area contributed by atoms with Crippen LogP contribution < -0.4 is 5.73 Å². The number of hydrogen-bond donors (Lipinski definition) is 1. The molecule has 1 saturated carbocycles. The van der Waals surface area contributed by atoms with E-state index in [1.54, 1.807) is 36.4 Å². The van der Waals surface area contributed by atoms with Gasteiger partial charge in [0, 0.05) is 5.69 Å². The number of rotatable bonds is 3. The zero-order chi connectivity index (χ0) is 13.5. The molecule has 1 fully saturated rings. The molecule has 3 rings (SSSR count). The van der Waals surface area contributed by atoms with E-state index in [-0.39, 0.29) is 0 Å². The lowest BCUT2D eigenvalue weighted by Gasteiger charge is -2.10. The first-order valence-corrected chi connectivity index (χ1v) is 7.77. The second-order valence-electron chi connectivity index (χ2n) is 4.88. The van der Waals surface area contributed by atoms with Crippen LogP contribution in [-0.4, -0.2) is 8.42 Å². The monoisotopic (exact) mass is 273 g/mol. The third-order valence-corrected chi connectivity index (χ3v) is 5.26. The fourth-order valence-corrected chi connectivity index (χ4v) is 3.78. The van der Waals surface area contributed by atoms with Gasteiger partial charge in [-0.3, -0.25) is 0 Å². The number of sulfone groups is 1. The Morgan fingerprint density at radius 3 is 2.21 bits per heavy atom. The van der Waals surface area contributed by atoms with E-state index < -0.39 is 9.84 Å². The first kappa shape index (κ1) is 12.2. The number of hydrogen-bond acceptors (Lipinski definition) is 3. The van der Waals surface area contributed by atoms with Crippen molar-refractivity contribution < 1.29 is 8.42 Å². The molecule has 0 radical (unpaired) electrons. The second-order valence-corrected chi connectivity index (χ2v) is 6.80. The van der Waals surface area contributed by atoms with Gasteiger partial charge >= 0.3 is 0 Å². The van der Waals surface area contributed by atoms with Crippen LogP contribution in [0.5, 0.6) is 0 Å². The lowest BCUT2D eigenvalue weighted by molar-refractivity contribution is 0.595. The summed E-state index contributed by atoms with van der Waals surface area (Å²) >= 11 is 0. The first-order chi connectivity index (χ1) is 9.09. The van der Waals surface area contributed by atoms with E-state index >= 15 is 0 Å². The smallest absolute Gasteiger partial charge is 0.206 e. The van der Waals surface area contributed by atoms with Crippen LogP contribution in [0.4, 0.5) is 5.69 Å². The molecular weight excluding hydrogens is 258 g/mol. The summed E-state index contributed by atoms with van der Waals surface area (Å²) in [6.07, 6.45) is 2.16. The van der Waals surface area contributed by atoms with Crippen molar-refractivity contribution in [2.24, 2.45) is 0 Å². The molecule has 0 atom stereocenters. The average Bonchev–Trinajstić information content (AvgIpc) is 3.23. The Bertz CT molecular complexity index is 701. The summed E-state index contributed by atoms with van der Waals surface area (Å²) in [7, 11) is -3.45. The van der Waals surface area contributed by atoms with Crippen molar-refractivity contribution >= 4 is 15.5 Å². The topological polar surface area (TPSA) is 60.2 Å². The summed E-state index contributed by atoms with van der Waals surface area (Å²) in [4.78, 5) is 0.733. The predicted molar refractivity (Wildman–Crippen MR) is 74.7 cm³/mol. The van der Waals surface area contributed by atoms with E-state index in [1.807, 2.05) is 12.1 Å². The maximum atomic E-state index is 12.7. The van der Waals surface area contributed by atoms with Gasteiger partial charge in [-0.15, -0.1) is 0 Å². The highest BCUT2D eigenvalue weighted by molar-refractivity contribution is 7.91. The van der Waals surface area contributed by atoms with Gasteiger partial charge in [-0.05, 0) is 54.7 Å². The summed E-state index contributed by atoms with van der Waals surface area (Å²) in [6.45, 7) is 0. The molecule has 0 aliphatic heterocycles. The lowest BCUT2D eigenvalue weighted by atomic mass is 10.1. The van der Waals surface area contributed by atoms with Crippen molar-refractivity contribution in [2.45, 2.75) is 28.6 Å². The van der Waals surface area contributed by atoms with Gasteiger partial charge in [-0.25, -0.2) is 8.42 Å². The normalized spacial score (nSPS) is 15.4. The van der Waals surface area contributed by atoms with E-state index in [0.717, 1.165) is 18.4 Å². The van der Waals surface area contributed by atoms with Crippen LogP contribution in [0.25, 0.3) is 0 Å². The fourth-order valence-electron chi connectivity index (χ4n) is 2.23. The summed E-state index contributed by atoms with van der Waals surface area (Å²) in [6, 6.07) is 13.6. The Kier molecular flexibility index (Phi) is 2.82. The molecule has 1 aliphatic carbocycles. The van der Waals surface area contributed by atoms with Crippen LogP contribution in [0.15, 0.2) is 58.3 Å². The Balaban J connectivity index is 2.12. The maximum Gasteiger partial charge on any atom is 0.206 e. The number of nitrogens with two attached hydrogens (primary N) is 1. The van der Waals surface area contributed by atoms with E-state index in [4.69, 9.17) is 5.73 Å². The molecule has 0 amide bonds. The first-order valence-electron chi connectivity index (χ1n) is 6.28. The van der Waals surface area contributed by atoms with E-state index in [9.17, 15) is 8.42 Å². The zero-order valence-electron chi connectivity index (χ0n) is 10.4. The van der Waals surface area contributed by atoms with Crippen molar-refractivity contribution in [1.29, 1.82) is 0 Å². The fraction of sp³-hybridized carbons (Fsp3) is 0.200. The number of benzene rings is 2. The zero-order valence-corrected chi connectivity index (χ0v) is 11.2. The van der Waals surface area contributed by atoms with E-state index in [1.165, 1.54) is 0 Å². The van der Waals surface area contributed by atoms with E-state index in [2.05, 4.69) is 0 Å². The molecule has 0 heterocycles. The highest BCUT2D eigenvalue weighted by Gasteiger charge is 2.30. The standard InChI is InChI=1S/C15H15NO2S/c16-12-7-9-13(10-8-12)19(17,18)15-4-2-1-3-14(15)11-5-6-11/h1-4,7-11H,5-6,16H2. The van der Waals surface area contributed by atoms with Crippen molar-refractivity contribution in [3.63, 3.8) is 0 Å². The van der Waals surface area contributed by atoms with Gasteiger partial charge in [0.25, 0.3) is 0 Å². The Morgan fingerprint density at radius 1 is 0.947 bits per heavy atom. The second kappa shape index (κ2) is 4.38. The van der Waals surface area contributed by atoms with Crippen molar-refractivity contribution in [2.75, 3.05) is 5.73 Å². The quantitative estimate of drug-likeness (QED) is 0.875. The van der Waals surface area contributed by atoms with Gasteiger partial charge < -0.3 is 5.73 Å². The van der Waals surface area contributed by atoms with Crippen LogP contribution in [-0.2, 0) is 9.84 Å². The highest BCUT2D eigenvalue weighted by atomic mass is 32.2. The average molecular weight is 273 g/mol. The molecule has 0 aromatic heterocycles. The minimum atomic E-state index is -3.45. The van der Waals surface area contributed by atoms with Crippen molar-refractivity contribution in [1.82, 2.24) is 0 Å². The van der Waals surface area contributed by atoms with Gasteiger partial charge in [0.1, 0.15) is 0 Å². The minimum Gasteiger partial charge on any atom is -0.399 e. The summed E-state index contributed by atoms with van der Waals surface area (Å²) in [5.74, 6) is 0.403. The molecule has 19 heavy (non-hydrogen) atoms. The molecule has 4 heteroatoms. The third-order valence-electron chi connectivity index (χ3n) is 3.42. The third kappa shape index (κ3) is 2.24. The van der Waals surface area contributed by atoms with E-state index in [0.29, 0.717) is 21.4 Å². The van der Waals surface area contributed by atoms with Crippen molar-refractivity contribution in [3.05, 3.63) is 54.1 Å². The number of nitrogen functional groups attached to an aromatic ring is 1. The lowest BCUT2D eigenvalue weighted by Crippen LogP contribution is -2.05. The molecule has 1 aliphatic rings. The van der Waals surface area contributed by atoms with Gasteiger partial charge in [0.2, 0.25) is 9.84 Å². The van der Waals surface area contributed by atoms with Gasteiger partial charge in [-0.2, -0.15) is 0 Å². The molecule has 0 bridgehead atoms. The van der Waals surface area contributed by atoms with Crippen LogP contribution in [0.3, 0.4) is 0 Å². The molecule has 0 unspecified atom stereocenters. The summed E-state index contributed by atoms with van der Waals surface area (Å²) in [5.41, 5.74) is 7.11. The highest BCUT2D eigenvalue weighted by Crippen LogP contribution is 2.43. The minimum absolute atomic E-state index is 0.301. The molecule has 0 spiro atoms. The summed E-state index contributed by atoms with van der Waals surface area (Å²) in [5, 5.41) is 0. The van der Waals surface area contributed by atoms with Crippen LogP contribution >= 0.6 is 0 Å². The van der Waals surface area contributed by atoms with Gasteiger partial charge in [-0.1, -0.05) is 18.2 Å². The predicted octanol–water partition coefficient (Wildman–Crippen LogP) is 2.98. The number of anilines is 1. The Hall–Kier alpha value is -1.81. The Labute approximate surface area is 113 Å². The molecule has 3 nitrogen and oxygen atoms in total. The van der Waals surface area contributed by atoms with Crippen molar-refractivity contribution in [3.8, 4) is 0 Å². The molecule has 2 aromatic rings. The van der Waals surface area contributed by atoms with Crippen LogP contribution in [0.1, 0.15) is 24.3 Å². The molecule has 2 aromatic carbocycles. The molecule has 0 saturated heterocycles. The van der Waals surface area contributed by atoms with Crippen LogP contribution in [0.2, 0.25) is 0 Å². The molecule has 2 N–H and O–H groups in total. The molecular formula is C15H15NO2S. The van der Waals surface area contributed by atoms with Gasteiger partial charge in [0.15, 0.2) is 0 Å². The van der Waals surface area contributed by atoms with Crippen LogP contribution in [0, 0.1) is 0 Å². The molecule has 98 valence electrons. The maximum absolute atomic E-state index is 12.7. The largest absolute Gasteiger partial charge is 0.399 e. The van der Waals surface area contributed by atoms with Gasteiger partial charge in [0.05, 0.1) is 9.79 Å². The SMILES string of the molecule is Nc1ccc(S(=O)(=O)c2ccccc2C2CC2)cc1.